The SMILES string of the molecule is COc1cccc(COC(=O)c2cc3nc(-c4ccccc4)cc(=O)n3[nH]2)c1OC. The monoisotopic (exact) mass is 405 g/mol. The molecule has 8 nitrogen and oxygen atoms in total. The van der Waals surface area contributed by atoms with Crippen molar-refractivity contribution in [1.82, 2.24) is 14.6 Å². The van der Waals surface area contributed by atoms with Gasteiger partial charge >= 0.3 is 5.97 Å². The van der Waals surface area contributed by atoms with E-state index in [2.05, 4.69) is 10.1 Å². The molecule has 152 valence electrons. The van der Waals surface area contributed by atoms with Crippen molar-refractivity contribution in [2.45, 2.75) is 6.61 Å². The van der Waals surface area contributed by atoms with E-state index in [0.29, 0.717) is 28.4 Å². The van der Waals surface area contributed by atoms with Gasteiger partial charge in [0.1, 0.15) is 12.3 Å². The van der Waals surface area contributed by atoms with Crippen molar-refractivity contribution in [3.63, 3.8) is 0 Å². The van der Waals surface area contributed by atoms with Gasteiger partial charge in [-0.3, -0.25) is 9.89 Å². The maximum atomic E-state index is 12.5. The third-order valence-electron chi connectivity index (χ3n) is 4.58. The lowest BCUT2D eigenvalue weighted by atomic mass is 10.1. The molecule has 0 amide bonds. The first kappa shape index (κ1) is 19.3. The number of hydrogen-bond donors (Lipinski definition) is 1. The van der Waals surface area contributed by atoms with Gasteiger partial charge in [0, 0.05) is 23.3 Å². The Bertz CT molecular complexity index is 1260. The maximum Gasteiger partial charge on any atom is 0.356 e. The van der Waals surface area contributed by atoms with Crippen molar-refractivity contribution in [2.24, 2.45) is 0 Å². The minimum absolute atomic E-state index is 0.0217. The Labute approximate surface area is 171 Å². The summed E-state index contributed by atoms with van der Waals surface area (Å²) >= 11 is 0. The Kier molecular flexibility index (Phi) is 5.21. The van der Waals surface area contributed by atoms with E-state index in [9.17, 15) is 9.59 Å². The Hall–Kier alpha value is -4.07. The van der Waals surface area contributed by atoms with E-state index in [1.165, 1.54) is 30.9 Å². The summed E-state index contributed by atoms with van der Waals surface area (Å²) in [6, 6.07) is 17.6. The lowest BCUT2D eigenvalue weighted by molar-refractivity contribution is 0.0462. The van der Waals surface area contributed by atoms with Crippen LogP contribution >= 0.6 is 0 Å². The number of fused-ring (bicyclic) bond motifs is 1. The summed E-state index contributed by atoms with van der Waals surface area (Å²) in [6.45, 7) is -0.0217. The molecule has 8 heteroatoms. The van der Waals surface area contributed by atoms with E-state index in [0.717, 1.165) is 5.56 Å². The average molecular weight is 405 g/mol. The molecule has 0 saturated heterocycles. The summed E-state index contributed by atoms with van der Waals surface area (Å²) in [4.78, 5) is 29.5. The molecule has 1 N–H and O–H groups in total. The summed E-state index contributed by atoms with van der Waals surface area (Å²) in [5.74, 6) is 0.418. The molecule has 0 unspecified atom stereocenters. The number of benzene rings is 2. The van der Waals surface area contributed by atoms with Gasteiger partial charge in [0.2, 0.25) is 0 Å². The molecule has 0 aliphatic rings. The third-order valence-corrected chi connectivity index (χ3v) is 4.58. The number of rotatable bonds is 6. The zero-order valence-corrected chi connectivity index (χ0v) is 16.4. The van der Waals surface area contributed by atoms with Crippen LogP contribution < -0.4 is 15.0 Å². The number of nitrogens with one attached hydrogen (secondary N) is 1. The van der Waals surface area contributed by atoms with Crippen LogP contribution in [0.4, 0.5) is 0 Å². The maximum absolute atomic E-state index is 12.5. The van der Waals surface area contributed by atoms with Crippen molar-refractivity contribution in [3.8, 4) is 22.8 Å². The van der Waals surface area contributed by atoms with Crippen LogP contribution in [0, 0.1) is 0 Å². The molecular formula is C22H19N3O5. The smallest absolute Gasteiger partial charge is 0.356 e. The number of esters is 1. The number of ether oxygens (including phenoxy) is 3. The first-order valence-corrected chi connectivity index (χ1v) is 9.16. The number of methoxy groups -OCH3 is 2. The molecule has 0 aliphatic heterocycles. The predicted octanol–water partition coefficient (Wildman–Crippen LogP) is 3.06. The molecule has 0 aliphatic carbocycles. The Balaban J connectivity index is 1.59. The quantitative estimate of drug-likeness (QED) is 0.496. The van der Waals surface area contributed by atoms with Gasteiger partial charge < -0.3 is 14.2 Å². The summed E-state index contributed by atoms with van der Waals surface area (Å²) < 4.78 is 17.2. The highest BCUT2D eigenvalue weighted by molar-refractivity contribution is 5.88. The molecule has 30 heavy (non-hydrogen) atoms. The van der Waals surface area contributed by atoms with Gasteiger partial charge in [-0.2, -0.15) is 0 Å². The van der Waals surface area contributed by atoms with Gasteiger partial charge in [0.25, 0.3) is 5.56 Å². The molecule has 0 spiro atoms. The second-order valence-electron chi connectivity index (χ2n) is 6.44. The Morgan fingerprint density at radius 3 is 2.57 bits per heavy atom. The van der Waals surface area contributed by atoms with E-state index in [4.69, 9.17) is 14.2 Å². The van der Waals surface area contributed by atoms with Crippen molar-refractivity contribution in [2.75, 3.05) is 14.2 Å². The molecule has 4 rings (SSSR count). The summed E-state index contributed by atoms with van der Waals surface area (Å²) in [5.41, 5.74) is 2.11. The van der Waals surface area contributed by atoms with Gasteiger partial charge in [0.05, 0.1) is 19.9 Å². The largest absolute Gasteiger partial charge is 0.493 e. The molecular weight excluding hydrogens is 386 g/mol. The highest BCUT2D eigenvalue weighted by atomic mass is 16.5. The number of H-pyrrole nitrogens is 1. The molecule has 2 aromatic heterocycles. The van der Waals surface area contributed by atoms with Crippen molar-refractivity contribution in [1.29, 1.82) is 0 Å². The van der Waals surface area contributed by atoms with Crippen LogP contribution in [0.25, 0.3) is 16.9 Å². The zero-order chi connectivity index (χ0) is 21.1. The normalized spacial score (nSPS) is 10.7. The number of para-hydroxylation sites is 1. The molecule has 0 saturated carbocycles. The van der Waals surface area contributed by atoms with E-state index in [1.54, 1.807) is 18.2 Å². The fourth-order valence-electron chi connectivity index (χ4n) is 3.14. The highest BCUT2D eigenvalue weighted by Gasteiger charge is 2.16. The zero-order valence-electron chi connectivity index (χ0n) is 16.4. The minimum atomic E-state index is -0.619. The number of carbonyl (C=O) groups excluding carboxylic acids is 1. The molecule has 0 fully saturated rings. The van der Waals surface area contributed by atoms with Crippen molar-refractivity contribution < 1.29 is 19.0 Å². The fraction of sp³-hybridized carbons (Fsp3) is 0.136. The van der Waals surface area contributed by atoms with Crippen LogP contribution in [0.3, 0.4) is 0 Å². The summed E-state index contributed by atoms with van der Waals surface area (Å²) in [7, 11) is 3.05. The van der Waals surface area contributed by atoms with Crippen LogP contribution in [0.5, 0.6) is 11.5 Å². The van der Waals surface area contributed by atoms with E-state index < -0.39 is 5.97 Å². The summed E-state index contributed by atoms with van der Waals surface area (Å²) in [5, 5.41) is 2.74. The number of aromatic amines is 1. The second kappa shape index (κ2) is 8.12. The number of carbonyl (C=O) groups is 1. The van der Waals surface area contributed by atoms with E-state index in [1.807, 2.05) is 30.3 Å². The van der Waals surface area contributed by atoms with Crippen LogP contribution in [0.1, 0.15) is 16.1 Å². The third kappa shape index (κ3) is 3.62. The van der Waals surface area contributed by atoms with Gasteiger partial charge in [-0.25, -0.2) is 14.3 Å². The minimum Gasteiger partial charge on any atom is -0.493 e. The topological polar surface area (TPSA) is 94.9 Å². The molecule has 0 bridgehead atoms. The average Bonchev–Trinajstić information content (AvgIpc) is 3.22. The standard InChI is InChI=1S/C22H19N3O5/c1-28-18-10-6-9-15(21(18)29-2)13-30-22(27)17-11-19-23-16(12-20(26)25(19)24-17)14-7-4-3-5-8-14/h3-12,24H,13H2,1-2H3. The Morgan fingerprint density at radius 1 is 1.03 bits per heavy atom. The predicted molar refractivity (Wildman–Crippen MR) is 110 cm³/mol. The van der Waals surface area contributed by atoms with E-state index >= 15 is 0 Å². The number of nitrogens with zero attached hydrogens (tertiary/aromatic N) is 2. The lowest BCUT2D eigenvalue weighted by Crippen LogP contribution is -2.15. The molecule has 2 heterocycles. The fourth-order valence-corrected chi connectivity index (χ4v) is 3.14. The lowest BCUT2D eigenvalue weighted by Gasteiger charge is -2.12. The van der Waals surface area contributed by atoms with Crippen LogP contribution in [-0.4, -0.2) is 34.8 Å². The first-order valence-electron chi connectivity index (χ1n) is 9.16. The van der Waals surface area contributed by atoms with E-state index in [-0.39, 0.29) is 17.9 Å². The van der Waals surface area contributed by atoms with Crippen molar-refractivity contribution in [3.05, 3.63) is 82.3 Å². The molecule has 0 atom stereocenters. The number of aromatic nitrogens is 3. The van der Waals surface area contributed by atoms with Gasteiger partial charge in [-0.15, -0.1) is 0 Å². The van der Waals surface area contributed by atoms with Gasteiger partial charge in [0.15, 0.2) is 17.1 Å². The second-order valence-corrected chi connectivity index (χ2v) is 6.44. The van der Waals surface area contributed by atoms with Crippen LogP contribution in [0.15, 0.2) is 65.5 Å². The van der Waals surface area contributed by atoms with Gasteiger partial charge in [-0.05, 0) is 6.07 Å². The van der Waals surface area contributed by atoms with Crippen LogP contribution in [0.2, 0.25) is 0 Å². The Morgan fingerprint density at radius 2 is 1.83 bits per heavy atom. The first-order chi connectivity index (χ1) is 14.6. The van der Waals surface area contributed by atoms with Gasteiger partial charge in [-0.1, -0.05) is 42.5 Å². The summed E-state index contributed by atoms with van der Waals surface area (Å²) in [6.07, 6.45) is 0. The molecule has 2 aromatic carbocycles. The molecule has 4 aromatic rings. The highest BCUT2D eigenvalue weighted by Crippen LogP contribution is 2.31. The van der Waals surface area contributed by atoms with Crippen molar-refractivity contribution >= 4 is 11.6 Å². The van der Waals surface area contributed by atoms with Crippen LogP contribution in [-0.2, 0) is 11.3 Å². The molecule has 0 radical (unpaired) electrons. The number of hydrogen-bond acceptors (Lipinski definition) is 6.